The Morgan fingerprint density at radius 3 is 2.00 bits per heavy atom. The number of rotatable bonds is 2. The molecular weight excluding hydrogens is 162 g/mol. The van der Waals surface area contributed by atoms with Crippen molar-refractivity contribution in [3.8, 4) is 0 Å². The standard InChI is InChI=1S/C11H21NO/c1-7-8(2)9(3)10(13)12-11(4,5)6/h7H2,1-6H3,(H,12,13)/b9-8+. The maximum atomic E-state index is 11.6. The number of carbonyl (C=O) groups excluding carboxylic acids is 1. The summed E-state index contributed by atoms with van der Waals surface area (Å²) in [4.78, 5) is 11.6. The van der Waals surface area contributed by atoms with Crippen molar-refractivity contribution in [3.05, 3.63) is 11.1 Å². The van der Waals surface area contributed by atoms with E-state index < -0.39 is 0 Å². The summed E-state index contributed by atoms with van der Waals surface area (Å²) in [5.74, 6) is 0.0480. The van der Waals surface area contributed by atoms with E-state index in [4.69, 9.17) is 0 Å². The third-order valence-corrected chi connectivity index (χ3v) is 2.00. The zero-order valence-electron chi connectivity index (χ0n) is 9.62. The minimum Gasteiger partial charge on any atom is -0.348 e. The molecule has 0 aromatic carbocycles. The van der Waals surface area contributed by atoms with E-state index in [0.717, 1.165) is 17.6 Å². The van der Waals surface area contributed by atoms with Crippen LogP contribution in [0.2, 0.25) is 0 Å². The smallest absolute Gasteiger partial charge is 0.247 e. The van der Waals surface area contributed by atoms with E-state index >= 15 is 0 Å². The van der Waals surface area contributed by atoms with Crippen molar-refractivity contribution >= 4 is 5.91 Å². The highest BCUT2D eigenvalue weighted by atomic mass is 16.1. The Bertz CT molecular complexity index is 221. The molecule has 1 N–H and O–H groups in total. The zero-order valence-corrected chi connectivity index (χ0v) is 9.62. The fraction of sp³-hybridized carbons (Fsp3) is 0.727. The molecule has 0 rings (SSSR count). The van der Waals surface area contributed by atoms with Gasteiger partial charge in [-0.25, -0.2) is 0 Å². The maximum Gasteiger partial charge on any atom is 0.247 e. The molecule has 0 aromatic rings. The first-order valence-electron chi connectivity index (χ1n) is 4.76. The Hall–Kier alpha value is -0.790. The third-order valence-electron chi connectivity index (χ3n) is 2.00. The van der Waals surface area contributed by atoms with Gasteiger partial charge in [-0.1, -0.05) is 12.5 Å². The summed E-state index contributed by atoms with van der Waals surface area (Å²) in [5, 5.41) is 2.94. The van der Waals surface area contributed by atoms with Gasteiger partial charge in [0.05, 0.1) is 0 Å². The lowest BCUT2D eigenvalue weighted by Gasteiger charge is -2.21. The van der Waals surface area contributed by atoms with Crippen molar-refractivity contribution in [2.24, 2.45) is 0 Å². The second-order valence-corrected chi connectivity index (χ2v) is 4.46. The van der Waals surface area contributed by atoms with Gasteiger partial charge in [0.2, 0.25) is 5.91 Å². The normalized spacial score (nSPS) is 13.7. The van der Waals surface area contributed by atoms with Gasteiger partial charge in [0.1, 0.15) is 0 Å². The van der Waals surface area contributed by atoms with Crippen molar-refractivity contribution in [2.75, 3.05) is 0 Å². The molecule has 0 aromatic heterocycles. The Labute approximate surface area is 81.4 Å². The number of carbonyl (C=O) groups is 1. The van der Waals surface area contributed by atoms with Crippen LogP contribution in [0.4, 0.5) is 0 Å². The highest BCUT2D eigenvalue weighted by molar-refractivity contribution is 5.93. The Morgan fingerprint density at radius 2 is 1.69 bits per heavy atom. The molecule has 0 heterocycles. The number of nitrogens with one attached hydrogen (secondary N) is 1. The number of hydrogen-bond acceptors (Lipinski definition) is 1. The van der Waals surface area contributed by atoms with Crippen LogP contribution in [0.25, 0.3) is 0 Å². The molecule has 0 unspecified atom stereocenters. The Kier molecular flexibility index (Phi) is 4.18. The topological polar surface area (TPSA) is 29.1 Å². The van der Waals surface area contributed by atoms with E-state index in [1.807, 2.05) is 34.6 Å². The molecule has 0 atom stereocenters. The molecule has 2 heteroatoms. The monoisotopic (exact) mass is 183 g/mol. The van der Waals surface area contributed by atoms with Crippen LogP contribution in [0.3, 0.4) is 0 Å². The minimum atomic E-state index is -0.146. The van der Waals surface area contributed by atoms with Gasteiger partial charge in [0.15, 0.2) is 0 Å². The van der Waals surface area contributed by atoms with Crippen molar-refractivity contribution in [3.63, 3.8) is 0 Å². The Balaban J connectivity index is 4.46. The fourth-order valence-electron chi connectivity index (χ4n) is 0.893. The van der Waals surface area contributed by atoms with Gasteiger partial charge in [0.25, 0.3) is 0 Å². The fourth-order valence-corrected chi connectivity index (χ4v) is 0.893. The first kappa shape index (κ1) is 12.2. The SMILES string of the molecule is CC/C(C)=C(\C)C(=O)NC(C)(C)C. The van der Waals surface area contributed by atoms with Gasteiger partial charge in [-0.15, -0.1) is 0 Å². The van der Waals surface area contributed by atoms with Crippen LogP contribution in [0.5, 0.6) is 0 Å². The van der Waals surface area contributed by atoms with Crippen LogP contribution in [0, 0.1) is 0 Å². The van der Waals surface area contributed by atoms with Crippen LogP contribution in [0.1, 0.15) is 48.0 Å². The molecule has 13 heavy (non-hydrogen) atoms. The lowest BCUT2D eigenvalue weighted by atomic mass is 10.1. The highest BCUT2D eigenvalue weighted by Gasteiger charge is 2.15. The maximum absolute atomic E-state index is 11.6. The molecule has 0 fully saturated rings. The predicted molar refractivity (Wildman–Crippen MR) is 56.6 cm³/mol. The van der Waals surface area contributed by atoms with Crippen LogP contribution < -0.4 is 5.32 Å². The average Bonchev–Trinajstić information content (AvgIpc) is 1.98. The summed E-state index contributed by atoms with van der Waals surface area (Å²) < 4.78 is 0. The summed E-state index contributed by atoms with van der Waals surface area (Å²) >= 11 is 0. The molecule has 0 aliphatic rings. The van der Waals surface area contributed by atoms with Gasteiger partial charge in [0, 0.05) is 11.1 Å². The van der Waals surface area contributed by atoms with Crippen molar-refractivity contribution in [1.29, 1.82) is 0 Å². The minimum absolute atomic E-state index is 0.0480. The van der Waals surface area contributed by atoms with Crippen molar-refractivity contribution in [2.45, 2.75) is 53.5 Å². The molecule has 0 saturated carbocycles. The van der Waals surface area contributed by atoms with E-state index in [1.54, 1.807) is 0 Å². The van der Waals surface area contributed by atoms with Gasteiger partial charge in [-0.05, 0) is 41.0 Å². The van der Waals surface area contributed by atoms with Crippen LogP contribution in [-0.4, -0.2) is 11.4 Å². The first-order chi connectivity index (χ1) is 5.78. The van der Waals surface area contributed by atoms with Crippen molar-refractivity contribution in [1.82, 2.24) is 5.32 Å². The number of amides is 1. The summed E-state index contributed by atoms with van der Waals surface area (Å²) in [7, 11) is 0. The third kappa shape index (κ3) is 4.71. The summed E-state index contributed by atoms with van der Waals surface area (Å²) in [6, 6.07) is 0. The second-order valence-electron chi connectivity index (χ2n) is 4.46. The molecule has 0 saturated heterocycles. The van der Waals surface area contributed by atoms with Crippen LogP contribution >= 0.6 is 0 Å². The molecule has 1 amide bonds. The van der Waals surface area contributed by atoms with Gasteiger partial charge in [-0.3, -0.25) is 4.79 Å². The van der Waals surface area contributed by atoms with Crippen LogP contribution in [0.15, 0.2) is 11.1 Å². The number of hydrogen-bond donors (Lipinski definition) is 1. The lowest BCUT2D eigenvalue weighted by molar-refractivity contribution is -0.118. The van der Waals surface area contributed by atoms with Gasteiger partial charge in [-0.2, -0.15) is 0 Å². The van der Waals surface area contributed by atoms with Gasteiger partial charge < -0.3 is 5.32 Å². The van der Waals surface area contributed by atoms with Crippen LogP contribution in [-0.2, 0) is 4.79 Å². The lowest BCUT2D eigenvalue weighted by Crippen LogP contribution is -2.41. The molecule has 0 aliphatic heterocycles. The second kappa shape index (κ2) is 4.45. The van der Waals surface area contributed by atoms with Gasteiger partial charge >= 0.3 is 0 Å². The summed E-state index contributed by atoms with van der Waals surface area (Å²) in [6.07, 6.45) is 0.934. The average molecular weight is 183 g/mol. The molecule has 0 spiro atoms. The quantitative estimate of drug-likeness (QED) is 0.655. The summed E-state index contributed by atoms with van der Waals surface area (Å²) in [5.41, 5.74) is 1.85. The van der Waals surface area contributed by atoms with E-state index in [2.05, 4.69) is 12.2 Å². The molecule has 76 valence electrons. The predicted octanol–water partition coefficient (Wildman–Crippen LogP) is 2.65. The first-order valence-corrected chi connectivity index (χ1v) is 4.76. The molecule has 2 nitrogen and oxygen atoms in total. The number of allylic oxidation sites excluding steroid dienone is 1. The molecule has 0 radical (unpaired) electrons. The Morgan fingerprint density at radius 1 is 1.23 bits per heavy atom. The molecule has 0 aliphatic carbocycles. The molecule has 0 bridgehead atoms. The van der Waals surface area contributed by atoms with E-state index in [9.17, 15) is 4.79 Å². The summed E-state index contributed by atoms with van der Waals surface area (Å²) in [6.45, 7) is 11.9. The van der Waals surface area contributed by atoms with Crippen molar-refractivity contribution < 1.29 is 4.79 Å². The molecular formula is C11H21NO. The van der Waals surface area contributed by atoms with E-state index in [-0.39, 0.29) is 11.4 Å². The zero-order chi connectivity index (χ0) is 10.6. The van der Waals surface area contributed by atoms with E-state index in [0.29, 0.717) is 0 Å². The highest BCUT2D eigenvalue weighted by Crippen LogP contribution is 2.09. The van der Waals surface area contributed by atoms with E-state index in [1.165, 1.54) is 0 Å². The largest absolute Gasteiger partial charge is 0.348 e.